The number of amides is 1. The summed E-state index contributed by atoms with van der Waals surface area (Å²) in [7, 11) is 1.33. The molecule has 2 aromatic rings. The number of para-hydroxylation sites is 1. The van der Waals surface area contributed by atoms with E-state index in [1.165, 1.54) is 7.11 Å². The zero-order valence-corrected chi connectivity index (χ0v) is 11.0. The van der Waals surface area contributed by atoms with Crippen LogP contribution in [-0.4, -0.2) is 19.0 Å². The summed E-state index contributed by atoms with van der Waals surface area (Å²) in [4.78, 5) is 25.9. The van der Waals surface area contributed by atoms with E-state index in [4.69, 9.17) is 4.74 Å². The molecule has 0 saturated carbocycles. The molecule has 0 N–H and O–H groups in total. The Labute approximate surface area is 116 Å². The molecule has 0 saturated heterocycles. The van der Waals surface area contributed by atoms with Crippen molar-refractivity contribution in [2.24, 2.45) is 0 Å². The van der Waals surface area contributed by atoms with E-state index in [1.807, 2.05) is 18.2 Å². The standard InChI is InChI=1S/C16H13NO3/c1-20-16(19)13-8-4-5-9-14(13)17-10-11-6-2-3-7-12(11)15(17)18/h2-9H,10H2,1H3. The molecule has 1 aliphatic rings. The van der Waals surface area contributed by atoms with E-state index in [9.17, 15) is 9.59 Å². The molecule has 0 fully saturated rings. The van der Waals surface area contributed by atoms with Gasteiger partial charge in [-0.15, -0.1) is 0 Å². The Hall–Kier alpha value is -2.62. The van der Waals surface area contributed by atoms with E-state index in [0.29, 0.717) is 23.4 Å². The van der Waals surface area contributed by atoms with E-state index < -0.39 is 5.97 Å². The first-order valence-electron chi connectivity index (χ1n) is 6.29. The molecule has 0 atom stereocenters. The van der Waals surface area contributed by atoms with Gasteiger partial charge < -0.3 is 9.64 Å². The van der Waals surface area contributed by atoms with Crippen molar-refractivity contribution < 1.29 is 14.3 Å². The number of ether oxygens (including phenoxy) is 1. The number of anilines is 1. The summed E-state index contributed by atoms with van der Waals surface area (Å²) >= 11 is 0. The quantitative estimate of drug-likeness (QED) is 0.786. The predicted molar refractivity (Wildman–Crippen MR) is 74.7 cm³/mol. The third-order valence-electron chi connectivity index (χ3n) is 3.42. The molecule has 4 nitrogen and oxygen atoms in total. The minimum atomic E-state index is -0.440. The van der Waals surface area contributed by atoms with Gasteiger partial charge in [0.05, 0.1) is 24.9 Å². The van der Waals surface area contributed by atoms with Crippen molar-refractivity contribution in [1.82, 2.24) is 0 Å². The highest BCUT2D eigenvalue weighted by atomic mass is 16.5. The second kappa shape index (κ2) is 4.81. The molecule has 1 amide bonds. The van der Waals surface area contributed by atoms with Crippen LogP contribution in [0, 0.1) is 0 Å². The second-order valence-corrected chi connectivity index (χ2v) is 4.56. The maximum absolute atomic E-state index is 12.4. The molecule has 0 spiro atoms. The van der Waals surface area contributed by atoms with Crippen molar-refractivity contribution in [2.75, 3.05) is 12.0 Å². The van der Waals surface area contributed by atoms with Crippen LogP contribution in [0.2, 0.25) is 0 Å². The number of hydrogen-bond donors (Lipinski definition) is 0. The van der Waals surface area contributed by atoms with Gasteiger partial charge in [-0.3, -0.25) is 4.79 Å². The highest BCUT2D eigenvalue weighted by Crippen LogP contribution is 2.30. The van der Waals surface area contributed by atoms with Gasteiger partial charge in [-0.25, -0.2) is 4.79 Å². The lowest BCUT2D eigenvalue weighted by molar-refractivity contribution is 0.0601. The van der Waals surface area contributed by atoms with Gasteiger partial charge in [0.25, 0.3) is 5.91 Å². The van der Waals surface area contributed by atoms with Crippen molar-refractivity contribution >= 4 is 17.6 Å². The van der Waals surface area contributed by atoms with Gasteiger partial charge in [0, 0.05) is 5.56 Å². The summed E-state index contributed by atoms with van der Waals surface area (Å²) in [5.74, 6) is -0.527. The first kappa shape index (κ1) is 12.4. The maximum Gasteiger partial charge on any atom is 0.339 e. The molecule has 2 aromatic carbocycles. The van der Waals surface area contributed by atoms with Crippen molar-refractivity contribution in [1.29, 1.82) is 0 Å². The van der Waals surface area contributed by atoms with Crippen LogP contribution in [-0.2, 0) is 11.3 Å². The molecule has 20 heavy (non-hydrogen) atoms. The Balaban J connectivity index is 2.05. The van der Waals surface area contributed by atoms with Crippen LogP contribution in [0.1, 0.15) is 26.3 Å². The monoisotopic (exact) mass is 267 g/mol. The second-order valence-electron chi connectivity index (χ2n) is 4.56. The molecule has 0 radical (unpaired) electrons. The van der Waals surface area contributed by atoms with Gasteiger partial charge in [0.1, 0.15) is 0 Å². The number of fused-ring (bicyclic) bond motifs is 1. The number of hydrogen-bond acceptors (Lipinski definition) is 3. The predicted octanol–water partition coefficient (Wildman–Crippen LogP) is 2.63. The van der Waals surface area contributed by atoms with Gasteiger partial charge in [-0.05, 0) is 23.8 Å². The van der Waals surface area contributed by atoms with Gasteiger partial charge in [-0.2, -0.15) is 0 Å². The number of rotatable bonds is 2. The summed E-state index contributed by atoms with van der Waals surface area (Å²) in [6.07, 6.45) is 0. The summed E-state index contributed by atoms with van der Waals surface area (Å²) < 4.78 is 4.77. The van der Waals surface area contributed by atoms with Crippen LogP contribution >= 0.6 is 0 Å². The Bertz CT molecular complexity index is 694. The first-order valence-corrected chi connectivity index (χ1v) is 6.29. The maximum atomic E-state index is 12.4. The molecule has 0 aliphatic carbocycles. The highest BCUT2D eigenvalue weighted by molar-refractivity contribution is 6.12. The molecule has 0 bridgehead atoms. The van der Waals surface area contributed by atoms with Crippen LogP contribution in [0.15, 0.2) is 48.5 Å². The van der Waals surface area contributed by atoms with Crippen LogP contribution in [0.4, 0.5) is 5.69 Å². The van der Waals surface area contributed by atoms with Crippen LogP contribution < -0.4 is 4.90 Å². The Morgan fingerprint density at radius 2 is 1.80 bits per heavy atom. The number of benzene rings is 2. The lowest BCUT2D eigenvalue weighted by Crippen LogP contribution is -2.25. The van der Waals surface area contributed by atoms with Crippen LogP contribution in [0.25, 0.3) is 0 Å². The smallest absolute Gasteiger partial charge is 0.339 e. The number of esters is 1. The van der Waals surface area contributed by atoms with Crippen molar-refractivity contribution in [3.63, 3.8) is 0 Å². The van der Waals surface area contributed by atoms with E-state index >= 15 is 0 Å². The minimum absolute atomic E-state index is 0.0862. The minimum Gasteiger partial charge on any atom is -0.465 e. The number of nitrogens with zero attached hydrogens (tertiary/aromatic N) is 1. The van der Waals surface area contributed by atoms with E-state index in [1.54, 1.807) is 35.2 Å². The third kappa shape index (κ3) is 1.86. The lowest BCUT2D eigenvalue weighted by Gasteiger charge is -2.18. The SMILES string of the molecule is COC(=O)c1ccccc1N1Cc2ccccc2C1=O. The normalized spacial score (nSPS) is 13.2. The van der Waals surface area contributed by atoms with Crippen LogP contribution in [0.5, 0.6) is 0 Å². The Morgan fingerprint density at radius 1 is 1.10 bits per heavy atom. The number of carbonyl (C=O) groups is 2. The third-order valence-corrected chi connectivity index (χ3v) is 3.42. The van der Waals surface area contributed by atoms with E-state index in [2.05, 4.69) is 0 Å². The number of methoxy groups -OCH3 is 1. The summed E-state index contributed by atoms with van der Waals surface area (Å²) in [5.41, 5.74) is 2.64. The lowest BCUT2D eigenvalue weighted by atomic mass is 10.1. The average molecular weight is 267 g/mol. The Kier molecular flexibility index (Phi) is 2.99. The fourth-order valence-corrected chi connectivity index (χ4v) is 2.44. The van der Waals surface area contributed by atoms with Crippen molar-refractivity contribution in [3.8, 4) is 0 Å². The van der Waals surface area contributed by atoms with E-state index in [0.717, 1.165) is 5.56 Å². The van der Waals surface area contributed by atoms with Gasteiger partial charge >= 0.3 is 5.97 Å². The molecule has 4 heteroatoms. The Morgan fingerprint density at radius 3 is 2.55 bits per heavy atom. The first-order chi connectivity index (χ1) is 9.72. The van der Waals surface area contributed by atoms with Gasteiger partial charge in [0.15, 0.2) is 0 Å². The molecular formula is C16H13NO3. The number of carbonyl (C=O) groups excluding carboxylic acids is 2. The fraction of sp³-hybridized carbons (Fsp3) is 0.125. The molecule has 3 rings (SSSR count). The van der Waals surface area contributed by atoms with Crippen LogP contribution in [0.3, 0.4) is 0 Å². The molecule has 0 unspecified atom stereocenters. The van der Waals surface area contributed by atoms with E-state index in [-0.39, 0.29) is 5.91 Å². The fourth-order valence-electron chi connectivity index (χ4n) is 2.44. The summed E-state index contributed by atoms with van der Waals surface area (Å²) in [5, 5.41) is 0. The summed E-state index contributed by atoms with van der Waals surface area (Å²) in [6, 6.07) is 14.5. The summed E-state index contributed by atoms with van der Waals surface area (Å²) in [6.45, 7) is 0.475. The highest BCUT2D eigenvalue weighted by Gasteiger charge is 2.30. The van der Waals surface area contributed by atoms with Gasteiger partial charge in [0.2, 0.25) is 0 Å². The topological polar surface area (TPSA) is 46.6 Å². The molecular weight excluding hydrogens is 254 g/mol. The van der Waals surface area contributed by atoms with Crippen molar-refractivity contribution in [3.05, 3.63) is 65.2 Å². The zero-order valence-electron chi connectivity index (χ0n) is 11.0. The zero-order chi connectivity index (χ0) is 14.1. The average Bonchev–Trinajstić information content (AvgIpc) is 2.84. The van der Waals surface area contributed by atoms with Crippen molar-refractivity contribution in [2.45, 2.75) is 6.54 Å². The molecule has 0 aromatic heterocycles. The van der Waals surface area contributed by atoms with Gasteiger partial charge in [-0.1, -0.05) is 30.3 Å². The molecule has 100 valence electrons. The molecule has 1 aliphatic heterocycles. The molecule has 1 heterocycles. The largest absolute Gasteiger partial charge is 0.465 e.